The van der Waals surface area contributed by atoms with Crippen molar-refractivity contribution in [2.45, 2.75) is 33.2 Å². The molecule has 0 spiro atoms. The highest BCUT2D eigenvalue weighted by atomic mass is 16.5. The largest absolute Gasteiger partial charge is 0.369 e. The second-order valence-electron chi connectivity index (χ2n) is 7.26. The Kier molecular flexibility index (Phi) is 4.84. The smallest absolute Gasteiger partial charge is 0.263 e. The first-order chi connectivity index (χ1) is 12.7. The fourth-order valence-electron chi connectivity index (χ4n) is 3.60. The lowest BCUT2D eigenvalue weighted by Crippen LogP contribution is -2.35. The minimum atomic E-state index is 0.549. The SMILES string of the molecule is Cc1ccc(CN2CCC(CNc3ncnc4onc(C)c34)CC2)cc1. The zero-order chi connectivity index (χ0) is 17.9. The number of hydrogen-bond donors (Lipinski definition) is 1. The number of likely N-dealkylation sites (tertiary alicyclic amines) is 1. The monoisotopic (exact) mass is 351 g/mol. The van der Waals surface area contributed by atoms with E-state index in [0.29, 0.717) is 11.6 Å². The molecule has 0 bridgehead atoms. The third kappa shape index (κ3) is 3.70. The number of aryl methyl sites for hydroxylation is 2. The maximum Gasteiger partial charge on any atom is 0.263 e. The summed E-state index contributed by atoms with van der Waals surface area (Å²) in [6, 6.07) is 8.87. The highest BCUT2D eigenvalue weighted by molar-refractivity contribution is 5.87. The van der Waals surface area contributed by atoms with Crippen LogP contribution in [0.5, 0.6) is 0 Å². The quantitative estimate of drug-likeness (QED) is 0.758. The molecule has 1 aromatic carbocycles. The Labute approximate surface area is 153 Å². The molecule has 0 saturated carbocycles. The van der Waals surface area contributed by atoms with Crippen LogP contribution in [0.1, 0.15) is 29.7 Å². The fourth-order valence-corrected chi connectivity index (χ4v) is 3.60. The van der Waals surface area contributed by atoms with Gasteiger partial charge in [-0.15, -0.1) is 0 Å². The first-order valence-electron chi connectivity index (χ1n) is 9.28. The van der Waals surface area contributed by atoms with E-state index >= 15 is 0 Å². The number of aromatic nitrogens is 3. The lowest BCUT2D eigenvalue weighted by molar-refractivity contribution is 0.182. The van der Waals surface area contributed by atoms with E-state index in [1.807, 2.05) is 6.92 Å². The van der Waals surface area contributed by atoms with Crippen molar-refractivity contribution in [3.8, 4) is 0 Å². The Morgan fingerprint density at radius 2 is 1.88 bits per heavy atom. The molecule has 1 saturated heterocycles. The van der Waals surface area contributed by atoms with Crippen LogP contribution in [0.3, 0.4) is 0 Å². The summed E-state index contributed by atoms with van der Waals surface area (Å²) in [5.41, 5.74) is 4.10. The van der Waals surface area contributed by atoms with Gasteiger partial charge in [0.15, 0.2) is 0 Å². The maximum atomic E-state index is 5.21. The van der Waals surface area contributed by atoms with Crippen molar-refractivity contribution >= 4 is 16.9 Å². The molecule has 1 N–H and O–H groups in total. The van der Waals surface area contributed by atoms with Crippen LogP contribution >= 0.6 is 0 Å². The van der Waals surface area contributed by atoms with Gasteiger partial charge in [-0.2, -0.15) is 4.98 Å². The summed E-state index contributed by atoms with van der Waals surface area (Å²) in [5, 5.41) is 8.36. The first kappa shape index (κ1) is 17.0. The van der Waals surface area contributed by atoms with Crippen LogP contribution in [-0.2, 0) is 6.54 Å². The molecule has 26 heavy (non-hydrogen) atoms. The van der Waals surface area contributed by atoms with E-state index in [1.165, 1.54) is 30.3 Å². The molecule has 2 aromatic heterocycles. The molecule has 0 unspecified atom stereocenters. The van der Waals surface area contributed by atoms with Crippen molar-refractivity contribution in [3.63, 3.8) is 0 Å². The van der Waals surface area contributed by atoms with E-state index in [2.05, 4.69) is 56.5 Å². The van der Waals surface area contributed by atoms with Gasteiger partial charge in [0.25, 0.3) is 5.71 Å². The molecule has 0 atom stereocenters. The van der Waals surface area contributed by atoms with E-state index in [9.17, 15) is 0 Å². The van der Waals surface area contributed by atoms with Gasteiger partial charge in [-0.05, 0) is 51.3 Å². The molecule has 4 rings (SSSR count). The molecule has 1 aliphatic rings. The van der Waals surface area contributed by atoms with Crippen molar-refractivity contribution in [1.29, 1.82) is 0 Å². The van der Waals surface area contributed by atoms with Gasteiger partial charge in [-0.1, -0.05) is 35.0 Å². The second kappa shape index (κ2) is 7.41. The van der Waals surface area contributed by atoms with Gasteiger partial charge in [-0.25, -0.2) is 4.98 Å². The molecule has 6 nitrogen and oxygen atoms in total. The van der Waals surface area contributed by atoms with Crippen molar-refractivity contribution in [2.24, 2.45) is 5.92 Å². The molecule has 3 aromatic rings. The van der Waals surface area contributed by atoms with Crippen LogP contribution in [0.4, 0.5) is 5.82 Å². The van der Waals surface area contributed by atoms with Crippen LogP contribution in [-0.4, -0.2) is 39.7 Å². The normalized spacial score (nSPS) is 16.2. The van der Waals surface area contributed by atoms with Crippen LogP contribution in [0.15, 0.2) is 35.1 Å². The minimum absolute atomic E-state index is 0.549. The summed E-state index contributed by atoms with van der Waals surface area (Å²) in [6.07, 6.45) is 3.94. The highest BCUT2D eigenvalue weighted by Gasteiger charge is 2.20. The third-order valence-electron chi connectivity index (χ3n) is 5.24. The van der Waals surface area contributed by atoms with E-state index < -0.39 is 0 Å². The highest BCUT2D eigenvalue weighted by Crippen LogP contribution is 2.24. The van der Waals surface area contributed by atoms with Gasteiger partial charge in [0, 0.05) is 13.1 Å². The van der Waals surface area contributed by atoms with Gasteiger partial charge in [0.05, 0.1) is 5.69 Å². The van der Waals surface area contributed by atoms with Crippen LogP contribution in [0.25, 0.3) is 11.1 Å². The van der Waals surface area contributed by atoms with Gasteiger partial charge < -0.3 is 9.84 Å². The summed E-state index contributed by atoms with van der Waals surface area (Å²) in [7, 11) is 0. The average molecular weight is 351 g/mol. The van der Waals surface area contributed by atoms with Crippen molar-refractivity contribution < 1.29 is 4.52 Å². The lowest BCUT2D eigenvalue weighted by atomic mass is 9.96. The molecular weight excluding hydrogens is 326 g/mol. The van der Waals surface area contributed by atoms with Gasteiger partial charge >= 0.3 is 0 Å². The molecule has 0 radical (unpaired) electrons. The standard InChI is InChI=1S/C20H25N5O/c1-14-3-5-17(6-4-14)12-25-9-7-16(8-10-25)11-21-19-18-15(2)24-26-20(18)23-13-22-19/h3-6,13,16H,7-12H2,1-2H3,(H,21,22,23). The molecule has 3 heterocycles. The van der Waals surface area contributed by atoms with E-state index in [0.717, 1.165) is 43.1 Å². The summed E-state index contributed by atoms with van der Waals surface area (Å²) in [5.74, 6) is 1.49. The number of piperidine rings is 1. The maximum absolute atomic E-state index is 5.21. The second-order valence-corrected chi connectivity index (χ2v) is 7.26. The van der Waals surface area contributed by atoms with E-state index in [4.69, 9.17) is 4.52 Å². The predicted octanol–water partition coefficient (Wildman–Crippen LogP) is 3.56. The number of rotatable bonds is 5. The zero-order valence-electron chi connectivity index (χ0n) is 15.4. The van der Waals surface area contributed by atoms with Crippen LogP contribution in [0, 0.1) is 19.8 Å². The summed E-state index contributed by atoms with van der Waals surface area (Å²) >= 11 is 0. The van der Waals surface area contributed by atoms with Crippen molar-refractivity contribution in [3.05, 3.63) is 47.4 Å². The Hall–Kier alpha value is -2.47. The number of fused-ring (bicyclic) bond motifs is 1. The van der Waals surface area contributed by atoms with Gasteiger partial charge in [0.1, 0.15) is 17.5 Å². The molecule has 0 aliphatic carbocycles. The van der Waals surface area contributed by atoms with Gasteiger partial charge in [0.2, 0.25) is 0 Å². The third-order valence-corrected chi connectivity index (χ3v) is 5.24. The number of nitrogens with one attached hydrogen (secondary N) is 1. The number of nitrogens with zero attached hydrogens (tertiary/aromatic N) is 4. The Morgan fingerprint density at radius 1 is 1.12 bits per heavy atom. The molecular formula is C20H25N5O. The summed E-state index contributed by atoms with van der Waals surface area (Å²) < 4.78 is 5.21. The molecule has 1 fully saturated rings. The molecule has 1 aliphatic heterocycles. The number of hydrogen-bond acceptors (Lipinski definition) is 6. The lowest BCUT2D eigenvalue weighted by Gasteiger charge is -2.32. The first-order valence-corrected chi connectivity index (χ1v) is 9.28. The molecule has 0 amide bonds. The number of anilines is 1. The van der Waals surface area contributed by atoms with Crippen molar-refractivity contribution in [1.82, 2.24) is 20.0 Å². The van der Waals surface area contributed by atoms with E-state index in [-0.39, 0.29) is 0 Å². The molecule has 6 heteroatoms. The topological polar surface area (TPSA) is 67.1 Å². The fraction of sp³-hybridized carbons (Fsp3) is 0.450. The average Bonchev–Trinajstić information content (AvgIpc) is 3.05. The number of benzene rings is 1. The minimum Gasteiger partial charge on any atom is -0.369 e. The summed E-state index contributed by atoms with van der Waals surface area (Å²) in [6.45, 7) is 8.32. The Morgan fingerprint density at radius 3 is 2.65 bits per heavy atom. The zero-order valence-corrected chi connectivity index (χ0v) is 15.4. The van der Waals surface area contributed by atoms with Crippen LogP contribution < -0.4 is 5.32 Å². The Balaban J connectivity index is 1.30. The molecule has 136 valence electrons. The van der Waals surface area contributed by atoms with Crippen LogP contribution in [0.2, 0.25) is 0 Å². The summed E-state index contributed by atoms with van der Waals surface area (Å²) in [4.78, 5) is 11.0. The van der Waals surface area contributed by atoms with Crippen molar-refractivity contribution in [2.75, 3.05) is 25.0 Å². The van der Waals surface area contributed by atoms with E-state index in [1.54, 1.807) is 0 Å². The Bertz CT molecular complexity index is 866. The van der Waals surface area contributed by atoms with Gasteiger partial charge in [-0.3, -0.25) is 4.90 Å². The predicted molar refractivity (Wildman–Crippen MR) is 102 cm³/mol.